The van der Waals surface area contributed by atoms with Gasteiger partial charge in [0.25, 0.3) is 5.91 Å². The molecule has 1 aromatic heterocycles. The van der Waals surface area contributed by atoms with Crippen molar-refractivity contribution in [1.29, 1.82) is 0 Å². The predicted molar refractivity (Wildman–Crippen MR) is 68.0 cm³/mol. The minimum absolute atomic E-state index is 0.165. The van der Waals surface area contributed by atoms with Crippen molar-refractivity contribution in [2.75, 3.05) is 5.73 Å². The molecule has 2 aromatic rings. The molecule has 1 aromatic carbocycles. The van der Waals surface area contributed by atoms with Crippen LogP contribution in [-0.2, 0) is 6.54 Å². The van der Waals surface area contributed by atoms with E-state index in [1.54, 1.807) is 24.3 Å². The minimum Gasteiger partial charge on any atom is -0.399 e. The summed E-state index contributed by atoms with van der Waals surface area (Å²) in [6.45, 7) is 4.06. The maximum absolute atomic E-state index is 11.9. The van der Waals surface area contributed by atoms with E-state index >= 15 is 0 Å². The van der Waals surface area contributed by atoms with E-state index in [-0.39, 0.29) is 5.91 Å². The number of aryl methyl sites for hydroxylation is 2. The van der Waals surface area contributed by atoms with Gasteiger partial charge in [0.2, 0.25) is 0 Å². The maximum Gasteiger partial charge on any atom is 0.251 e. The zero-order chi connectivity index (χ0) is 13.1. The molecule has 0 aliphatic carbocycles. The molecule has 0 unspecified atom stereocenters. The Morgan fingerprint density at radius 1 is 1.44 bits per heavy atom. The highest BCUT2D eigenvalue weighted by molar-refractivity contribution is 5.94. The first-order chi connectivity index (χ1) is 8.58. The van der Waals surface area contributed by atoms with Gasteiger partial charge in [-0.1, -0.05) is 11.2 Å². The molecule has 1 amide bonds. The molecule has 0 aliphatic rings. The van der Waals surface area contributed by atoms with E-state index in [1.807, 2.05) is 13.8 Å². The van der Waals surface area contributed by atoms with Crippen molar-refractivity contribution in [2.45, 2.75) is 20.4 Å². The molecule has 94 valence electrons. The summed E-state index contributed by atoms with van der Waals surface area (Å²) in [4.78, 5) is 11.9. The van der Waals surface area contributed by atoms with Gasteiger partial charge in [-0.15, -0.1) is 0 Å². The molecule has 0 saturated carbocycles. The lowest BCUT2D eigenvalue weighted by atomic mass is 10.1. The third-order valence-electron chi connectivity index (χ3n) is 2.76. The third kappa shape index (κ3) is 2.51. The molecule has 0 radical (unpaired) electrons. The highest BCUT2D eigenvalue weighted by Crippen LogP contribution is 2.12. The first-order valence-corrected chi connectivity index (χ1v) is 5.63. The van der Waals surface area contributed by atoms with Gasteiger partial charge in [0, 0.05) is 23.4 Å². The molecule has 0 atom stereocenters. The van der Waals surface area contributed by atoms with Crippen LogP contribution >= 0.6 is 0 Å². The van der Waals surface area contributed by atoms with Gasteiger partial charge in [-0.05, 0) is 32.0 Å². The first kappa shape index (κ1) is 12.2. The van der Waals surface area contributed by atoms with Crippen LogP contribution in [0.3, 0.4) is 0 Å². The zero-order valence-corrected chi connectivity index (χ0v) is 10.4. The molecule has 0 saturated heterocycles. The Morgan fingerprint density at radius 3 is 2.83 bits per heavy atom. The number of hydrogen-bond acceptors (Lipinski definition) is 4. The molecule has 1 heterocycles. The van der Waals surface area contributed by atoms with E-state index in [2.05, 4.69) is 10.5 Å². The van der Waals surface area contributed by atoms with E-state index in [4.69, 9.17) is 10.3 Å². The molecule has 0 bridgehead atoms. The Kier molecular flexibility index (Phi) is 3.32. The Bertz CT molecular complexity index is 556. The largest absolute Gasteiger partial charge is 0.399 e. The summed E-state index contributed by atoms with van der Waals surface area (Å²) < 4.78 is 5.03. The Labute approximate surface area is 105 Å². The van der Waals surface area contributed by atoms with Gasteiger partial charge in [0.1, 0.15) is 5.76 Å². The fourth-order valence-electron chi connectivity index (χ4n) is 1.70. The second-order valence-corrected chi connectivity index (χ2v) is 4.11. The Hall–Kier alpha value is -2.30. The predicted octanol–water partition coefficient (Wildman–Crippen LogP) is 1.80. The number of rotatable bonds is 3. The van der Waals surface area contributed by atoms with Crippen molar-refractivity contribution in [1.82, 2.24) is 10.5 Å². The van der Waals surface area contributed by atoms with E-state index in [1.165, 1.54) is 0 Å². The number of nitrogens with one attached hydrogen (secondary N) is 1. The number of amides is 1. The van der Waals surface area contributed by atoms with Crippen molar-refractivity contribution in [3.05, 3.63) is 46.8 Å². The van der Waals surface area contributed by atoms with E-state index in [9.17, 15) is 4.79 Å². The summed E-state index contributed by atoms with van der Waals surface area (Å²) in [5, 5.41) is 6.65. The van der Waals surface area contributed by atoms with E-state index in [0.717, 1.165) is 17.0 Å². The number of carbonyl (C=O) groups excluding carboxylic acids is 1. The van der Waals surface area contributed by atoms with Crippen molar-refractivity contribution in [3.63, 3.8) is 0 Å². The fraction of sp³-hybridized carbons (Fsp3) is 0.231. The van der Waals surface area contributed by atoms with Crippen LogP contribution in [0.15, 0.2) is 28.8 Å². The highest BCUT2D eigenvalue weighted by Gasteiger charge is 2.11. The summed E-state index contributed by atoms with van der Waals surface area (Å²) in [6.07, 6.45) is 0. The van der Waals surface area contributed by atoms with Crippen molar-refractivity contribution >= 4 is 11.6 Å². The van der Waals surface area contributed by atoms with Gasteiger partial charge in [-0.3, -0.25) is 4.79 Å². The van der Waals surface area contributed by atoms with E-state index < -0.39 is 0 Å². The Morgan fingerprint density at radius 2 is 2.22 bits per heavy atom. The molecule has 0 aliphatic heterocycles. The number of aromatic nitrogens is 1. The molecule has 18 heavy (non-hydrogen) atoms. The topological polar surface area (TPSA) is 81.2 Å². The van der Waals surface area contributed by atoms with Crippen molar-refractivity contribution in [2.24, 2.45) is 0 Å². The van der Waals surface area contributed by atoms with Crippen LogP contribution in [0.4, 0.5) is 5.69 Å². The lowest BCUT2D eigenvalue weighted by Gasteiger charge is -2.05. The van der Waals surface area contributed by atoms with Gasteiger partial charge < -0.3 is 15.6 Å². The van der Waals surface area contributed by atoms with Gasteiger partial charge in [0.15, 0.2) is 0 Å². The van der Waals surface area contributed by atoms with E-state index in [0.29, 0.717) is 17.8 Å². The average molecular weight is 245 g/mol. The molecule has 2 rings (SSSR count). The molecule has 5 nitrogen and oxygen atoms in total. The average Bonchev–Trinajstić information content (AvgIpc) is 2.66. The normalized spacial score (nSPS) is 10.3. The second-order valence-electron chi connectivity index (χ2n) is 4.11. The maximum atomic E-state index is 11.9. The molecule has 0 spiro atoms. The summed E-state index contributed by atoms with van der Waals surface area (Å²) in [6, 6.07) is 6.85. The van der Waals surface area contributed by atoms with Gasteiger partial charge in [-0.2, -0.15) is 0 Å². The summed E-state index contributed by atoms with van der Waals surface area (Å²) in [7, 11) is 0. The molecule has 3 N–H and O–H groups in total. The van der Waals surface area contributed by atoms with Gasteiger partial charge in [0.05, 0.1) is 5.69 Å². The zero-order valence-electron chi connectivity index (χ0n) is 10.4. The number of hydrogen-bond donors (Lipinski definition) is 2. The fourth-order valence-corrected chi connectivity index (χ4v) is 1.70. The third-order valence-corrected chi connectivity index (χ3v) is 2.76. The first-order valence-electron chi connectivity index (χ1n) is 5.63. The molecular formula is C13H15N3O2. The standard InChI is InChI=1S/C13H15N3O2/c1-8-12(9(2)18-16-8)7-15-13(17)10-4-3-5-11(14)6-10/h3-6H,7,14H2,1-2H3,(H,15,17). The quantitative estimate of drug-likeness (QED) is 0.808. The molecule has 5 heteroatoms. The SMILES string of the molecule is Cc1noc(C)c1CNC(=O)c1cccc(N)c1. The second kappa shape index (κ2) is 4.91. The number of anilines is 1. The monoisotopic (exact) mass is 245 g/mol. The van der Waals surface area contributed by atoms with Crippen LogP contribution < -0.4 is 11.1 Å². The summed E-state index contributed by atoms with van der Waals surface area (Å²) >= 11 is 0. The van der Waals surface area contributed by atoms with Crippen LogP contribution in [0.5, 0.6) is 0 Å². The Balaban J connectivity index is 2.05. The molecule has 0 fully saturated rings. The van der Waals surface area contributed by atoms with Crippen LogP contribution in [0.1, 0.15) is 27.4 Å². The lowest BCUT2D eigenvalue weighted by molar-refractivity contribution is 0.0951. The number of nitrogen functional groups attached to an aromatic ring is 1. The number of carbonyl (C=O) groups is 1. The van der Waals surface area contributed by atoms with Gasteiger partial charge in [-0.25, -0.2) is 0 Å². The minimum atomic E-state index is -0.165. The van der Waals surface area contributed by atoms with Crippen LogP contribution in [0.2, 0.25) is 0 Å². The number of nitrogens with zero attached hydrogens (tertiary/aromatic N) is 1. The van der Waals surface area contributed by atoms with Crippen molar-refractivity contribution in [3.8, 4) is 0 Å². The summed E-state index contributed by atoms with van der Waals surface area (Å²) in [5.41, 5.74) is 8.44. The highest BCUT2D eigenvalue weighted by atomic mass is 16.5. The smallest absolute Gasteiger partial charge is 0.251 e. The molecular weight excluding hydrogens is 230 g/mol. The van der Waals surface area contributed by atoms with Crippen LogP contribution in [0, 0.1) is 13.8 Å². The summed E-state index contributed by atoms with van der Waals surface area (Å²) in [5.74, 6) is 0.558. The lowest BCUT2D eigenvalue weighted by Crippen LogP contribution is -2.23. The van der Waals surface area contributed by atoms with Gasteiger partial charge >= 0.3 is 0 Å². The van der Waals surface area contributed by atoms with Crippen molar-refractivity contribution < 1.29 is 9.32 Å². The number of nitrogens with two attached hydrogens (primary N) is 1. The van der Waals surface area contributed by atoms with Crippen LogP contribution in [-0.4, -0.2) is 11.1 Å². The van der Waals surface area contributed by atoms with Crippen LogP contribution in [0.25, 0.3) is 0 Å². The number of benzene rings is 1.